The van der Waals surface area contributed by atoms with Gasteiger partial charge in [-0.25, -0.2) is 4.79 Å². The second-order valence-electron chi connectivity index (χ2n) is 4.59. The van der Waals surface area contributed by atoms with Crippen molar-refractivity contribution in [3.05, 3.63) is 66.0 Å². The van der Waals surface area contributed by atoms with E-state index in [9.17, 15) is 14.4 Å². The van der Waals surface area contributed by atoms with Crippen molar-refractivity contribution in [1.29, 1.82) is 0 Å². The average molecular weight is 313 g/mol. The van der Waals surface area contributed by atoms with Gasteiger partial charge in [0.1, 0.15) is 0 Å². The van der Waals surface area contributed by atoms with Crippen LogP contribution in [0.25, 0.3) is 0 Å². The fourth-order valence-electron chi connectivity index (χ4n) is 1.65. The first kappa shape index (κ1) is 16.2. The molecule has 2 aromatic rings. The molecule has 0 aliphatic heterocycles. The van der Waals surface area contributed by atoms with Crippen molar-refractivity contribution in [1.82, 2.24) is 15.8 Å². The summed E-state index contributed by atoms with van der Waals surface area (Å²) in [4.78, 5) is 39.2. The summed E-state index contributed by atoms with van der Waals surface area (Å²) in [5, 5.41) is 0. The van der Waals surface area contributed by atoms with Crippen LogP contribution < -0.4 is 10.9 Å². The van der Waals surface area contributed by atoms with E-state index in [-0.39, 0.29) is 5.56 Å². The van der Waals surface area contributed by atoms with Crippen molar-refractivity contribution in [2.45, 2.75) is 13.0 Å². The number of carbonyl (C=O) groups excluding carboxylic acids is 3. The van der Waals surface area contributed by atoms with Gasteiger partial charge < -0.3 is 4.74 Å². The van der Waals surface area contributed by atoms with Crippen molar-refractivity contribution >= 4 is 17.8 Å². The number of esters is 1. The van der Waals surface area contributed by atoms with Gasteiger partial charge in [-0.05, 0) is 31.2 Å². The molecule has 7 heteroatoms. The van der Waals surface area contributed by atoms with Crippen LogP contribution in [0.1, 0.15) is 27.6 Å². The first-order chi connectivity index (χ1) is 11.1. The van der Waals surface area contributed by atoms with E-state index >= 15 is 0 Å². The molecule has 2 N–H and O–H groups in total. The van der Waals surface area contributed by atoms with Gasteiger partial charge in [0.05, 0.1) is 5.56 Å². The normalized spacial score (nSPS) is 11.2. The highest BCUT2D eigenvalue weighted by Gasteiger charge is 2.19. The molecule has 7 nitrogen and oxygen atoms in total. The molecular formula is C16H15N3O4. The van der Waals surface area contributed by atoms with E-state index in [1.54, 1.807) is 30.3 Å². The monoisotopic (exact) mass is 313 g/mol. The molecule has 1 aromatic heterocycles. The molecule has 0 radical (unpaired) electrons. The van der Waals surface area contributed by atoms with E-state index in [2.05, 4.69) is 15.8 Å². The maximum absolute atomic E-state index is 11.8. The average Bonchev–Trinajstić information content (AvgIpc) is 2.60. The topological polar surface area (TPSA) is 97.4 Å². The van der Waals surface area contributed by atoms with Crippen LogP contribution in [-0.2, 0) is 9.53 Å². The molecule has 1 aromatic carbocycles. The molecule has 0 spiro atoms. The highest BCUT2D eigenvalue weighted by molar-refractivity contribution is 5.96. The second kappa shape index (κ2) is 7.69. The zero-order valence-electron chi connectivity index (χ0n) is 12.4. The van der Waals surface area contributed by atoms with Gasteiger partial charge in [-0.2, -0.15) is 0 Å². The van der Waals surface area contributed by atoms with Gasteiger partial charge in [-0.3, -0.25) is 25.4 Å². The van der Waals surface area contributed by atoms with Gasteiger partial charge in [-0.15, -0.1) is 0 Å². The van der Waals surface area contributed by atoms with Crippen LogP contribution in [0.4, 0.5) is 0 Å². The minimum atomic E-state index is -1.06. The van der Waals surface area contributed by atoms with Gasteiger partial charge in [0.2, 0.25) is 0 Å². The third kappa shape index (κ3) is 4.63. The number of benzene rings is 1. The van der Waals surface area contributed by atoms with E-state index in [0.29, 0.717) is 5.56 Å². The third-order valence-corrected chi connectivity index (χ3v) is 2.90. The van der Waals surface area contributed by atoms with Gasteiger partial charge >= 0.3 is 5.97 Å². The number of amides is 2. The number of ether oxygens (including phenoxy) is 1. The lowest BCUT2D eigenvalue weighted by atomic mass is 10.2. The standard InChI is InChI=1S/C16H15N3O4/c1-11(23-16(22)13-7-9-17-10-8-13)14(20)18-19-15(21)12-5-3-2-4-6-12/h2-11H,1H3,(H,18,20)(H,19,21)/t11-/m0/s1. The van der Waals surface area contributed by atoms with E-state index in [1.165, 1.54) is 31.5 Å². The van der Waals surface area contributed by atoms with Crippen LogP contribution in [0.2, 0.25) is 0 Å². The minimum Gasteiger partial charge on any atom is -0.449 e. The Bertz CT molecular complexity index is 689. The van der Waals surface area contributed by atoms with Crippen molar-refractivity contribution in [3.8, 4) is 0 Å². The Morgan fingerprint density at radius 1 is 0.957 bits per heavy atom. The lowest BCUT2D eigenvalue weighted by Gasteiger charge is -2.14. The molecule has 118 valence electrons. The number of hydrogen-bond acceptors (Lipinski definition) is 5. The van der Waals surface area contributed by atoms with Crippen molar-refractivity contribution in [3.63, 3.8) is 0 Å². The Balaban J connectivity index is 1.83. The van der Waals surface area contributed by atoms with Gasteiger partial charge in [-0.1, -0.05) is 18.2 Å². The zero-order valence-corrected chi connectivity index (χ0v) is 12.4. The summed E-state index contributed by atoms with van der Waals surface area (Å²) in [5.74, 6) is -1.76. The Morgan fingerprint density at radius 2 is 1.61 bits per heavy atom. The van der Waals surface area contributed by atoms with Crippen molar-refractivity contribution in [2.24, 2.45) is 0 Å². The Kier molecular flexibility index (Phi) is 5.40. The molecule has 1 atom stereocenters. The van der Waals surface area contributed by atoms with Crippen LogP contribution in [0.15, 0.2) is 54.9 Å². The molecule has 1 heterocycles. The SMILES string of the molecule is C[C@H](OC(=O)c1ccncc1)C(=O)NNC(=O)c1ccccc1. The molecule has 2 rings (SSSR count). The Hall–Kier alpha value is -3.22. The number of rotatable bonds is 4. The quantitative estimate of drug-likeness (QED) is 0.650. The van der Waals surface area contributed by atoms with Crippen molar-refractivity contribution < 1.29 is 19.1 Å². The number of hydrogen-bond donors (Lipinski definition) is 2. The van der Waals surface area contributed by atoms with Gasteiger partial charge in [0.25, 0.3) is 11.8 Å². The number of nitrogens with one attached hydrogen (secondary N) is 2. The Labute approximate surface area is 132 Å². The predicted octanol–water partition coefficient (Wildman–Crippen LogP) is 1.09. The lowest BCUT2D eigenvalue weighted by molar-refractivity contribution is -0.129. The summed E-state index contributed by atoms with van der Waals surface area (Å²) in [6, 6.07) is 11.3. The molecule has 0 fully saturated rings. The summed E-state index contributed by atoms with van der Waals surface area (Å²) < 4.78 is 5.01. The minimum absolute atomic E-state index is 0.285. The zero-order chi connectivity index (χ0) is 16.7. The number of hydrazine groups is 1. The molecule has 0 aliphatic rings. The van der Waals surface area contributed by atoms with E-state index < -0.39 is 23.9 Å². The van der Waals surface area contributed by atoms with Crippen LogP contribution >= 0.6 is 0 Å². The second-order valence-corrected chi connectivity index (χ2v) is 4.59. The van der Waals surface area contributed by atoms with Crippen LogP contribution in [0.5, 0.6) is 0 Å². The summed E-state index contributed by atoms with van der Waals surface area (Å²) in [5.41, 5.74) is 5.14. The fourth-order valence-corrected chi connectivity index (χ4v) is 1.65. The van der Waals surface area contributed by atoms with Crippen LogP contribution in [0.3, 0.4) is 0 Å². The maximum Gasteiger partial charge on any atom is 0.339 e. The van der Waals surface area contributed by atoms with Gasteiger partial charge in [0, 0.05) is 18.0 Å². The lowest BCUT2D eigenvalue weighted by Crippen LogP contribution is -2.46. The van der Waals surface area contributed by atoms with E-state index in [0.717, 1.165) is 0 Å². The molecule has 2 amide bonds. The number of nitrogens with zero attached hydrogens (tertiary/aromatic N) is 1. The number of aromatic nitrogens is 1. The van der Waals surface area contributed by atoms with Crippen LogP contribution in [0, 0.1) is 0 Å². The number of carbonyl (C=O) groups is 3. The fraction of sp³-hybridized carbons (Fsp3) is 0.125. The Morgan fingerprint density at radius 3 is 2.26 bits per heavy atom. The summed E-state index contributed by atoms with van der Waals surface area (Å²) in [6.45, 7) is 1.41. The smallest absolute Gasteiger partial charge is 0.339 e. The summed E-state index contributed by atoms with van der Waals surface area (Å²) in [6.07, 6.45) is 1.83. The van der Waals surface area contributed by atoms with Gasteiger partial charge in [0.15, 0.2) is 6.10 Å². The number of pyridine rings is 1. The first-order valence-corrected chi connectivity index (χ1v) is 6.84. The molecule has 0 aliphatic carbocycles. The highest BCUT2D eigenvalue weighted by Crippen LogP contribution is 2.03. The van der Waals surface area contributed by atoms with Crippen LogP contribution in [-0.4, -0.2) is 28.9 Å². The summed E-state index contributed by atoms with van der Waals surface area (Å²) >= 11 is 0. The molecule has 23 heavy (non-hydrogen) atoms. The molecule has 0 unspecified atom stereocenters. The third-order valence-electron chi connectivity index (χ3n) is 2.90. The molecule has 0 saturated heterocycles. The first-order valence-electron chi connectivity index (χ1n) is 6.84. The van der Waals surface area contributed by atoms with Crippen molar-refractivity contribution in [2.75, 3.05) is 0 Å². The molecule has 0 bridgehead atoms. The molecular weight excluding hydrogens is 298 g/mol. The summed E-state index contributed by atoms with van der Waals surface area (Å²) in [7, 11) is 0. The highest BCUT2D eigenvalue weighted by atomic mass is 16.5. The predicted molar refractivity (Wildman–Crippen MR) is 81.2 cm³/mol. The largest absolute Gasteiger partial charge is 0.449 e. The maximum atomic E-state index is 11.8. The van der Waals surface area contributed by atoms with E-state index in [1.807, 2.05) is 0 Å². The molecule has 0 saturated carbocycles. The van der Waals surface area contributed by atoms with E-state index in [4.69, 9.17) is 4.74 Å².